The Hall–Kier alpha value is -1.62. The van der Waals surface area contributed by atoms with Crippen LogP contribution in [0.15, 0.2) is 18.3 Å². The Labute approximate surface area is 101 Å². The van der Waals surface area contributed by atoms with Crippen LogP contribution >= 0.6 is 0 Å². The zero-order valence-electron chi connectivity index (χ0n) is 10.4. The smallest absolute Gasteiger partial charge is 0.341 e. The van der Waals surface area contributed by atoms with Crippen molar-refractivity contribution in [1.82, 2.24) is 4.98 Å². The van der Waals surface area contributed by atoms with Crippen molar-refractivity contribution in [2.75, 3.05) is 25.6 Å². The third-order valence-corrected chi connectivity index (χ3v) is 2.26. The van der Waals surface area contributed by atoms with Crippen LogP contribution in [0.25, 0.3) is 0 Å². The average Bonchev–Trinajstić information content (AvgIpc) is 2.36. The normalized spacial score (nSPS) is 11.9. The number of ether oxygens (including phenoxy) is 2. The zero-order valence-corrected chi connectivity index (χ0v) is 10.4. The minimum absolute atomic E-state index is 0.0482. The van der Waals surface area contributed by atoms with E-state index in [9.17, 15) is 4.79 Å². The molecule has 1 unspecified atom stereocenters. The second-order valence-electron chi connectivity index (χ2n) is 3.55. The van der Waals surface area contributed by atoms with E-state index in [1.807, 2.05) is 6.92 Å². The third-order valence-electron chi connectivity index (χ3n) is 2.26. The second kappa shape index (κ2) is 6.85. The van der Waals surface area contributed by atoms with Gasteiger partial charge < -0.3 is 14.8 Å². The number of hydrogen-bond acceptors (Lipinski definition) is 5. The molecule has 5 nitrogen and oxygen atoms in total. The molecule has 0 bridgehead atoms. The summed E-state index contributed by atoms with van der Waals surface area (Å²) in [5.41, 5.74) is 0.442. The van der Waals surface area contributed by atoms with Crippen molar-refractivity contribution in [3.8, 4) is 0 Å². The van der Waals surface area contributed by atoms with E-state index in [1.165, 1.54) is 0 Å². The van der Waals surface area contributed by atoms with Crippen LogP contribution in [-0.2, 0) is 9.47 Å². The first kappa shape index (κ1) is 13.4. The number of nitrogens with zero attached hydrogens (tertiary/aromatic N) is 1. The van der Waals surface area contributed by atoms with Gasteiger partial charge in [0.25, 0.3) is 0 Å². The maximum absolute atomic E-state index is 11.6. The molecule has 17 heavy (non-hydrogen) atoms. The number of aromatic nitrogens is 1. The van der Waals surface area contributed by atoms with Crippen molar-refractivity contribution in [3.05, 3.63) is 23.9 Å². The number of anilines is 1. The van der Waals surface area contributed by atoms with Crippen molar-refractivity contribution >= 4 is 11.8 Å². The molecule has 0 aliphatic heterocycles. The van der Waals surface area contributed by atoms with Gasteiger partial charge in [0.1, 0.15) is 11.4 Å². The highest BCUT2D eigenvalue weighted by Crippen LogP contribution is 2.12. The molecule has 1 rings (SSSR count). The van der Waals surface area contributed by atoms with E-state index in [0.29, 0.717) is 24.5 Å². The van der Waals surface area contributed by atoms with Crippen molar-refractivity contribution in [2.24, 2.45) is 0 Å². The summed E-state index contributed by atoms with van der Waals surface area (Å²) >= 11 is 0. The van der Waals surface area contributed by atoms with Gasteiger partial charge in [-0.2, -0.15) is 0 Å². The molecular weight excluding hydrogens is 220 g/mol. The van der Waals surface area contributed by atoms with Gasteiger partial charge in [-0.1, -0.05) is 0 Å². The summed E-state index contributed by atoms with van der Waals surface area (Å²) < 4.78 is 10.1. The summed E-state index contributed by atoms with van der Waals surface area (Å²) in [5.74, 6) is 0.156. The van der Waals surface area contributed by atoms with E-state index < -0.39 is 0 Å². The second-order valence-corrected chi connectivity index (χ2v) is 3.55. The van der Waals surface area contributed by atoms with Crippen LogP contribution in [0.2, 0.25) is 0 Å². The number of rotatable bonds is 6. The molecule has 0 saturated carbocycles. The maximum atomic E-state index is 11.6. The Balaban J connectivity index is 2.74. The molecule has 0 saturated heterocycles. The fourth-order valence-electron chi connectivity index (χ4n) is 1.24. The fraction of sp³-hybridized carbons (Fsp3) is 0.500. The van der Waals surface area contributed by atoms with Gasteiger partial charge in [0.2, 0.25) is 0 Å². The van der Waals surface area contributed by atoms with Gasteiger partial charge in [0.15, 0.2) is 0 Å². The van der Waals surface area contributed by atoms with Gasteiger partial charge in [-0.05, 0) is 26.0 Å². The highest BCUT2D eigenvalue weighted by Gasteiger charge is 2.13. The first-order valence-electron chi connectivity index (χ1n) is 5.57. The molecule has 1 aromatic heterocycles. The number of esters is 1. The molecule has 0 aliphatic carbocycles. The molecular formula is C12H18N2O3. The summed E-state index contributed by atoms with van der Waals surface area (Å²) in [6.45, 7) is 4.63. The number of hydrogen-bond donors (Lipinski definition) is 1. The van der Waals surface area contributed by atoms with Gasteiger partial charge in [0.05, 0.1) is 12.7 Å². The molecule has 1 N–H and O–H groups in total. The molecule has 0 amide bonds. The van der Waals surface area contributed by atoms with E-state index in [-0.39, 0.29) is 12.1 Å². The van der Waals surface area contributed by atoms with Crippen molar-refractivity contribution in [1.29, 1.82) is 0 Å². The standard InChI is InChI=1S/C12H18N2O3/c1-4-17-12(15)10-6-5-7-13-11(10)14-8-9(2)16-3/h5-7,9H,4,8H2,1-3H3,(H,13,14). The Morgan fingerprint density at radius 1 is 1.59 bits per heavy atom. The predicted octanol–water partition coefficient (Wildman–Crippen LogP) is 1.71. The molecule has 1 heterocycles. The molecule has 1 atom stereocenters. The quantitative estimate of drug-likeness (QED) is 0.764. The third kappa shape index (κ3) is 4.03. The minimum atomic E-state index is -0.367. The summed E-state index contributed by atoms with van der Waals surface area (Å²) in [6.07, 6.45) is 1.68. The van der Waals surface area contributed by atoms with Gasteiger partial charge >= 0.3 is 5.97 Å². The predicted molar refractivity (Wildman–Crippen MR) is 65.2 cm³/mol. The lowest BCUT2D eigenvalue weighted by molar-refractivity contribution is 0.0527. The van der Waals surface area contributed by atoms with Crippen LogP contribution in [0, 0.1) is 0 Å². The summed E-state index contributed by atoms with van der Waals surface area (Å²) in [6, 6.07) is 3.39. The average molecular weight is 238 g/mol. The van der Waals surface area contributed by atoms with Gasteiger partial charge in [0, 0.05) is 19.9 Å². The number of pyridine rings is 1. The Kier molecular flexibility index (Phi) is 5.42. The van der Waals surface area contributed by atoms with Crippen LogP contribution in [0.1, 0.15) is 24.2 Å². The lowest BCUT2D eigenvalue weighted by atomic mass is 10.2. The first-order valence-corrected chi connectivity index (χ1v) is 5.57. The van der Waals surface area contributed by atoms with Gasteiger partial charge in [-0.3, -0.25) is 0 Å². The largest absolute Gasteiger partial charge is 0.462 e. The highest BCUT2D eigenvalue weighted by molar-refractivity contribution is 5.94. The fourth-order valence-corrected chi connectivity index (χ4v) is 1.24. The first-order chi connectivity index (χ1) is 8.19. The zero-order chi connectivity index (χ0) is 12.7. The van der Waals surface area contributed by atoms with Crippen LogP contribution in [0.4, 0.5) is 5.82 Å². The molecule has 0 aromatic carbocycles. The van der Waals surface area contributed by atoms with Gasteiger partial charge in [-0.15, -0.1) is 0 Å². The van der Waals surface area contributed by atoms with Crippen LogP contribution in [0.5, 0.6) is 0 Å². The number of methoxy groups -OCH3 is 1. The molecule has 5 heteroatoms. The monoisotopic (exact) mass is 238 g/mol. The Bertz CT molecular complexity index is 369. The molecule has 0 radical (unpaired) electrons. The van der Waals surface area contributed by atoms with Crippen LogP contribution < -0.4 is 5.32 Å². The summed E-state index contributed by atoms with van der Waals surface area (Å²) in [7, 11) is 1.64. The molecule has 0 fully saturated rings. The van der Waals surface area contributed by atoms with E-state index in [1.54, 1.807) is 32.4 Å². The molecule has 94 valence electrons. The van der Waals surface area contributed by atoms with E-state index in [2.05, 4.69) is 10.3 Å². The number of carbonyl (C=O) groups excluding carboxylic acids is 1. The van der Waals surface area contributed by atoms with Crippen LogP contribution in [-0.4, -0.2) is 37.3 Å². The number of carbonyl (C=O) groups is 1. The van der Waals surface area contributed by atoms with Gasteiger partial charge in [-0.25, -0.2) is 9.78 Å². The SMILES string of the molecule is CCOC(=O)c1cccnc1NCC(C)OC. The van der Waals surface area contributed by atoms with Crippen LogP contribution in [0.3, 0.4) is 0 Å². The summed E-state index contributed by atoms with van der Waals surface area (Å²) in [5, 5.41) is 3.07. The van der Waals surface area contributed by atoms with Crippen molar-refractivity contribution in [2.45, 2.75) is 20.0 Å². The summed E-state index contributed by atoms with van der Waals surface area (Å²) in [4.78, 5) is 15.8. The maximum Gasteiger partial charge on any atom is 0.341 e. The molecule has 1 aromatic rings. The number of nitrogens with one attached hydrogen (secondary N) is 1. The Morgan fingerprint density at radius 2 is 2.35 bits per heavy atom. The van der Waals surface area contributed by atoms with E-state index in [4.69, 9.17) is 9.47 Å². The van der Waals surface area contributed by atoms with E-state index in [0.717, 1.165) is 0 Å². The Morgan fingerprint density at radius 3 is 3.00 bits per heavy atom. The topological polar surface area (TPSA) is 60.5 Å². The van der Waals surface area contributed by atoms with Crippen molar-refractivity contribution < 1.29 is 14.3 Å². The minimum Gasteiger partial charge on any atom is -0.462 e. The highest BCUT2D eigenvalue weighted by atomic mass is 16.5. The lowest BCUT2D eigenvalue weighted by Gasteiger charge is -2.13. The molecule has 0 spiro atoms. The lowest BCUT2D eigenvalue weighted by Crippen LogP contribution is -2.20. The van der Waals surface area contributed by atoms with E-state index >= 15 is 0 Å². The molecule has 0 aliphatic rings. The van der Waals surface area contributed by atoms with Crippen molar-refractivity contribution in [3.63, 3.8) is 0 Å².